The molecule has 1 unspecified atom stereocenters. The third-order valence-corrected chi connectivity index (χ3v) is 3.89. The van der Waals surface area contributed by atoms with Crippen LogP contribution in [0.5, 0.6) is 0 Å². The van der Waals surface area contributed by atoms with Crippen LogP contribution in [-0.2, 0) is 0 Å². The molecule has 1 aromatic heterocycles. The van der Waals surface area contributed by atoms with E-state index in [1.807, 2.05) is 37.3 Å². The number of hydrogen-bond acceptors (Lipinski definition) is 2. The molecule has 22 heavy (non-hydrogen) atoms. The van der Waals surface area contributed by atoms with E-state index in [4.69, 9.17) is 0 Å². The summed E-state index contributed by atoms with van der Waals surface area (Å²) in [5, 5.41) is 15.8. The molecule has 0 spiro atoms. The van der Waals surface area contributed by atoms with Gasteiger partial charge in [0.15, 0.2) is 0 Å². The molecular weight excluding hydrogens is 276 g/mol. The highest BCUT2D eigenvalue weighted by atomic mass is 16.3. The Balaban J connectivity index is 1.85. The molecule has 3 aromatic rings. The third kappa shape index (κ3) is 2.83. The normalized spacial score (nSPS) is 12.6. The summed E-state index contributed by atoms with van der Waals surface area (Å²) >= 11 is 0. The van der Waals surface area contributed by atoms with E-state index in [2.05, 4.69) is 22.4 Å². The first-order valence-electron chi connectivity index (χ1n) is 7.65. The van der Waals surface area contributed by atoms with Gasteiger partial charge in [-0.2, -0.15) is 0 Å². The fourth-order valence-electron chi connectivity index (χ4n) is 2.75. The first-order chi connectivity index (χ1) is 10.7. The molecule has 0 aliphatic carbocycles. The summed E-state index contributed by atoms with van der Waals surface area (Å²) in [5.74, 6) is -0.185. The standard InChI is InChI=1S/C18H20N2O2/c1-2-5-13(21)11-19-18(22)17-10-15-14-7-4-3-6-12(14)8-9-16(15)20-17/h3-4,6-10,13,20-21H,2,5,11H2,1H3,(H,19,22). The van der Waals surface area contributed by atoms with E-state index in [1.165, 1.54) is 0 Å². The van der Waals surface area contributed by atoms with Gasteiger partial charge < -0.3 is 15.4 Å². The number of nitrogens with one attached hydrogen (secondary N) is 2. The second-order valence-electron chi connectivity index (χ2n) is 5.58. The number of aromatic nitrogens is 1. The molecule has 1 atom stereocenters. The van der Waals surface area contributed by atoms with Gasteiger partial charge >= 0.3 is 0 Å². The lowest BCUT2D eigenvalue weighted by Crippen LogP contribution is -2.32. The van der Waals surface area contributed by atoms with Gasteiger partial charge in [-0.15, -0.1) is 0 Å². The molecule has 0 aliphatic heterocycles. The van der Waals surface area contributed by atoms with Crippen molar-refractivity contribution in [2.24, 2.45) is 0 Å². The zero-order chi connectivity index (χ0) is 15.5. The fourth-order valence-corrected chi connectivity index (χ4v) is 2.75. The van der Waals surface area contributed by atoms with E-state index in [0.717, 1.165) is 28.1 Å². The lowest BCUT2D eigenvalue weighted by atomic mass is 10.1. The average molecular weight is 296 g/mol. The Bertz CT molecular complexity index is 807. The first-order valence-corrected chi connectivity index (χ1v) is 7.65. The zero-order valence-corrected chi connectivity index (χ0v) is 12.6. The zero-order valence-electron chi connectivity index (χ0n) is 12.6. The van der Waals surface area contributed by atoms with Crippen LogP contribution < -0.4 is 5.32 Å². The molecule has 3 N–H and O–H groups in total. The molecule has 0 aliphatic rings. The van der Waals surface area contributed by atoms with Gasteiger partial charge in [0.2, 0.25) is 0 Å². The SMILES string of the molecule is CCCC(O)CNC(=O)c1cc2c(ccc3ccccc32)[nH]1. The number of aliphatic hydroxyl groups is 1. The maximum atomic E-state index is 12.2. The molecule has 0 saturated heterocycles. The molecule has 1 heterocycles. The summed E-state index contributed by atoms with van der Waals surface area (Å²) in [7, 11) is 0. The molecule has 0 fully saturated rings. The van der Waals surface area contributed by atoms with E-state index >= 15 is 0 Å². The summed E-state index contributed by atoms with van der Waals surface area (Å²) in [4.78, 5) is 15.4. The third-order valence-electron chi connectivity index (χ3n) is 3.89. The van der Waals surface area contributed by atoms with Crippen LogP contribution in [0.1, 0.15) is 30.3 Å². The second-order valence-corrected chi connectivity index (χ2v) is 5.58. The number of carbonyl (C=O) groups excluding carboxylic acids is 1. The van der Waals surface area contributed by atoms with Gasteiger partial charge in [0.05, 0.1) is 6.10 Å². The average Bonchev–Trinajstić information content (AvgIpc) is 2.97. The number of aliphatic hydroxyl groups excluding tert-OH is 1. The summed E-state index contributed by atoms with van der Waals surface area (Å²) in [6.07, 6.45) is 1.10. The molecule has 2 aromatic carbocycles. The number of H-pyrrole nitrogens is 1. The largest absolute Gasteiger partial charge is 0.391 e. The Kier molecular flexibility index (Phi) is 4.11. The van der Waals surface area contributed by atoms with Crippen LogP contribution in [0.25, 0.3) is 21.7 Å². The predicted molar refractivity (Wildman–Crippen MR) is 89.1 cm³/mol. The van der Waals surface area contributed by atoms with Gasteiger partial charge in [0.25, 0.3) is 5.91 Å². The van der Waals surface area contributed by atoms with Crippen molar-refractivity contribution in [1.29, 1.82) is 0 Å². The summed E-state index contributed by atoms with van der Waals surface area (Å²) < 4.78 is 0. The van der Waals surface area contributed by atoms with Crippen LogP contribution in [0.3, 0.4) is 0 Å². The number of fused-ring (bicyclic) bond motifs is 3. The van der Waals surface area contributed by atoms with Gasteiger partial charge in [0.1, 0.15) is 5.69 Å². The Morgan fingerprint density at radius 1 is 1.23 bits per heavy atom. The second kappa shape index (κ2) is 6.20. The lowest BCUT2D eigenvalue weighted by molar-refractivity contribution is 0.0906. The molecule has 0 bridgehead atoms. The molecule has 4 heteroatoms. The van der Waals surface area contributed by atoms with Crippen molar-refractivity contribution >= 4 is 27.6 Å². The van der Waals surface area contributed by atoms with Gasteiger partial charge in [0, 0.05) is 17.4 Å². The van der Waals surface area contributed by atoms with Crippen LogP contribution in [0, 0.1) is 0 Å². The van der Waals surface area contributed by atoms with E-state index in [0.29, 0.717) is 12.1 Å². The molecular formula is C18H20N2O2. The van der Waals surface area contributed by atoms with E-state index < -0.39 is 6.10 Å². The first kappa shape index (κ1) is 14.6. The highest BCUT2D eigenvalue weighted by Gasteiger charge is 2.12. The number of rotatable bonds is 5. The lowest BCUT2D eigenvalue weighted by Gasteiger charge is -2.09. The smallest absolute Gasteiger partial charge is 0.267 e. The number of amides is 1. The number of aromatic amines is 1. The van der Waals surface area contributed by atoms with Crippen LogP contribution in [0.2, 0.25) is 0 Å². The number of carbonyl (C=O) groups is 1. The maximum absolute atomic E-state index is 12.2. The molecule has 114 valence electrons. The van der Waals surface area contributed by atoms with Crippen LogP contribution >= 0.6 is 0 Å². The van der Waals surface area contributed by atoms with Crippen molar-refractivity contribution in [3.63, 3.8) is 0 Å². The molecule has 3 rings (SSSR count). The van der Waals surface area contributed by atoms with Gasteiger partial charge in [-0.25, -0.2) is 0 Å². The minimum absolute atomic E-state index is 0.185. The van der Waals surface area contributed by atoms with Crippen molar-refractivity contribution in [3.05, 3.63) is 48.2 Å². The van der Waals surface area contributed by atoms with E-state index in [1.54, 1.807) is 0 Å². The minimum atomic E-state index is -0.487. The van der Waals surface area contributed by atoms with E-state index in [-0.39, 0.29) is 12.5 Å². The molecule has 0 radical (unpaired) electrons. The number of hydrogen-bond donors (Lipinski definition) is 3. The number of benzene rings is 2. The van der Waals surface area contributed by atoms with Gasteiger partial charge in [-0.3, -0.25) is 4.79 Å². The minimum Gasteiger partial charge on any atom is -0.391 e. The van der Waals surface area contributed by atoms with Crippen LogP contribution in [0.15, 0.2) is 42.5 Å². The van der Waals surface area contributed by atoms with Crippen LogP contribution in [0.4, 0.5) is 0 Å². The van der Waals surface area contributed by atoms with Crippen LogP contribution in [-0.4, -0.2) is 28.6 Å². The Morgan fingerprint density at radius 3 is 2.86 bits per heavy atom. The molecule has 1 amide bonds. The van der Waals surface area contributed by atoms with Crippen molar-refractivity contribution in [2.45, 2.75) is 25.9 Å². The van der Waals surface area contributed by atoms with Gasteiger partial charge in [-0.05, 0) is 29.3 Å². The predicted octanol–water partition coefficient (Wildman–Crippen LogP) is 3.21. The molecule has 4 nitrogen and oxygen atoms in total. The van der Waals surface area contributed by atoms with Crippen molar-refractivity contribution in [3.8, 4) is 0 Å². The summed E-state index contributed by atoms with van der Waals surface area (Å²) in [6.45, 7) is 2.29. The fraction of sp³-hybridized carbons (Fsp3) is 0.278. The highest BCUT2D eigenvalue weighted by molar-refractivity contribution is 6.09. The van der Waals surface area contributed by atoms with E-state index in [9.17, 15) is 9.90 Å². The topological polar surface area (TPSA) is 65.1 Å². The summed E-state index contributed by atoms with van der Waals surface area (Å²) in [5.41, 5.74) is 1.47. The maximum Gasteiger partial charge on any atom is 0.267 e. The monoisotopic (exact) mass is 296 g/mol. The quantitative estimate of drug-likeness (QED) is 0.677. The Labute approximate surface area is 129 Å². The Hall–Kier alpha value is -2.33. The van der Waals surface area contributed by atoms with Crippen molar-refractivity contribution in [2.75, 3.05) is 6.54 Å². The van der Waals surface area contributed by atoms with Gasteiger partial charge in [-0.1, -0.05) is 43.7 Å². The highest BCUT2D eigenvalue weighted by Crippen LogP contribution is 2.25. The molecule has 0 saturated carbocycles. The summed E-state index contributed by atoms with van der Waals surface area (Å²) in [6, 6.07) is 14.0. The van der Waals surface area contributed by atoms with Crippen molar-refractivity contribution in [1.82, 2.24) is 10.3 Å². The van der Waals surface area contributed by atoms with Crippen molar-refractivity contribution < 1.29 is 9.90 Å². The Morgan fingerprint density at radius 2 is 2.05 bits per heavy atom.